The van der Waals surface area contributed by atoms with Gasteiger partial charge in [-0.05, 0) is 37.8 Å². The fourth-order valence-electron chi connectivity index (χ4n) is 3.57. The van der Waals surface area contributed by atoms with Crippen LogP contribution in [0.4, 0.5) is 0 Å². The zero-order chi connectivity index (χ0) is 15.9. The molecule has 3 rings (SSSR count). The first kappa shape index (κ1) is 16.0. The van der Waals surface area contributed by atoms with E-state index in [1.54, 1.807) is 16.4 Å². The number of aryl methyl sites for hydroxylation is 1. The Balaban J connectivity index is 1.80. The minimum Gasteiger partial charge on any atom is -0.376 e. The molecule has 2 bridgehead atoms. The van der Waals surface area contributed by atoms with Crippen LogP contribution < -0.4 is 0 Å². The smallest absolute Gasteiger partial charge is 0.243 e. The molecule has 0 amide bonds. The largest absolute Gasteiger partial charge is 0.376 e. The fourth-order valence-corrected chi connectivity index (χ4v) is 5.29. The normalized spacial score (nSPS) is 28.6. The van der Waals surface area contributed by atoms with E-state index >= 15 is 0 Å². The Morgan fingerprint density at radius 3 is 2.55 bits per heavy atom. The topological polar surface area (TPSA) is 46.6 Å². The van der Waals surface area contributed by atoms with E-state index < -0.39 is 10.0 Å². The Morgan fingerprint density at radius 1 is 1.23 bits per heavy atom. The molecule has 1 aromatic carbocycles. The van der Waals surface area contributed by atoms with Gasteiger partial charge in [-0.3, -0.25) is 0 Å². The number of benzene rings is 1. The third kappa shape index (κ3) is 2.82. The molecule has 22 heavy (non-hydrogen) atoms. The number of sulfonamides is 1. The Kier molecular flexibility index (Phi) is 4.32. The summed E-state index contributed by atoms with van der Waals surface area (Å²) in [4.78, 5) is 0.397. The van der Waals surface area contributed by atoms with Gasteiger partial charge in [0.05, 0.1) is 17.0 Å². The molecule has 0 radical (unpaired) electrons. The van der Waals surface area contributed by atoms with Crippen LogP contribution in [-0.4, -0.2) is 38.0 Å². The van der Waals surface area contributed by atoms with Gasteiger partial charge in [0.2, 0.25) is 10.0 Å². The van der Waals surface area contributed by atoms with Crippen LogP contribution in [0.15, 0.2) is 29.2 Å². The summed E-state index contributed by atoms with van der Waals surface area (Å²) < 4.78 is 33.5. The number of nitrogens with zero attached hydrogens (tertiary/aromatic N) is 1. The average molecular weight is 323 g/mol. The maximum atomic E-state index is 12.9. The van der Waals surface area contributed by atoms with Crippen molar-refractivity contribution in [3.05, 3.63) is 29.8 Å². The summed E-state index contributed by atoms with van der Waals surface area (Å²) in [6, 6.07) is 7.14. The first-order chi connectivity index (χ1) is 10.4. The van der Waals surface area contributed by atoms with Crippen LogP contribution in [0, 0.1) is 18.8 Å². The first-order valence-electron chi connectivity index (χ1n) is 8.09. The molecule has 1 saturated heterocycles. The van der Waals surface area contributed by atoms with E-state index in [-0.39, 0.29) is 12.1 Å². The van der Waals surface area contributed by atoms with E-state index in [0.717, 1.165) is 18.4 Å². The highest BCUT2D eigenvalue weighted by Crippen LogP contribution is 2.42. The summed E-state index contributed by atoms with van der Waals surface area (Å²) in [5.41, 5.74) is 1.07. The summed E-state index contributed by atoms with van der Waals surface area (Å²) in [5.74, 6) is 0.825. The molecule has 5 heteroatoms. The molecule has 1 heterocycles. The van der Waals surface area contributed by atoms with Crippen molar-refractivity contribution in [2.24, 2.45) is 11.8 Å². The second kappa shape index (κ2) is 5.95. The molecule has 3 unspecified atom stereocenters. The van der Waals surface area contributed by atoms with Gasteiger partial charge in [0, 0.05) is 19.1 Å². The molecule has 122 valence electrons. The van der Waals surface area contributed by atoms with E-state index in [0.29, 0.717) is 29.9 Å². The van der Waals surface area contributed by atoms with Crippen molar-refractivity contribution in [3.63, 3.8) is 0 Å². The SMILES string of the molecule is Cc1ccc(S(=O)(=O)N2CC3CCC2C3OCC(C)C)cc1. The van der Waals surface area contributed by atoms with Crippen LogP contribution in [0.1, 0.15) is 32.3 Å². The highest BCUT2D eigenvalue weighted by atomic mass is 32.2. The van der Waals surface area contributed by atoms with Gasteiger partial charge in [-0.15, -0.1) is 0 Å². The van der Waals surface area contributed by atoms with Gasteiger partial charge in [-0.1, -0.05) is 31.5 Å². The number of rotatable bonds is 5. The minimum absolute atomic E-state index is 0.00931. The van der Waals surface area contributed by atoms with Gasteiger partial charge < -0.3 is 4.74 Å². The summed E-state index contributed by atoms with van der Waals surface area (Å²) in [6.45, 7) is 7.51. The molecular weight excluding hydrogens is 298 g/mol. The Labute approximate surface area is 133 Å². The lowest BCUT2D eigenvalue weighted by molar-refractivity contribution is 0.0182. The summed E-state index contributed by atoms with van der Waals surface area (Å²) in [5, 5.41) is 0. The third-order valence-corrected chi connectivity index (χ3v) is 6.62. The molecule has 2 fully saturated rings. The molecule has 0 N–H and O–H groups in total. The van der Waals surface area contributed by atoms with Crippen molar-refractivity contribution in [2.75, 3.05) is 13.2 Å². The zero-order valence-corrected chi connectivity index (χ0v) is 14.3. The Hall–Kier alpha value is -0.910. The second-order valence-electron chi connectivity index (χ2n) is 6.98. The predicted molar refractivity (Wildman–Crippen MR) is 86.2 cm³/mol. The molecule has 1 aliphatic heterocycles. The highest BCUT2D eigenvalue weighted by Gasteiger charge is 2.52. The molecule has 1 aliphatic carbocycles. The maximum Gasteiger partial charge on any atom is 0.243 e. The van der Waals surface area contributed by atoms with Crippen molar-refractivity contribution in [1.29, 1.82) is 0 Å². The van der Waals surface area contributed by atoms with Crippen LogP contribution in [0.3, 0.4) is 0 Å². The lowest BCUT2D eigenvalue weighted by Gasteiger charge is -2.26. The summed E-state index contributed by atoms with van der Waals surface area (Å²) >= 11 is 0. The quantitative estimate of drug-likeness (QED) is 0.837. The van der Waals surface area contributed by atoms with Crippen LogP contribution >= 0.6 is 0 Å². The summed E-state index contributed by atoms with van der Waals surface area (Å²) in [7, 11) is -3.40. The van der Waals surface area contributed by atoms with Crippen LogP contribution in [-0.2, 0) is 14.8 Å². The molecule has 0 spiro atoms. The van der Waals surface area contributed by atoms with Crippen molar-refractivity contribution >= 4 is 10.0 Å². The van der Waals surface area contributed by atoms with Gasteiger partial charge in [0.25, 0.3) is 0 Å². The average Bonchev–Trinajstić information content (AvgIpc) is 3.02. The minimum atomic E-state index is -3.40. The number of ether oxygens (including phenoxy) is 1. The fraction of sp³-hybridized carbons (Fsp3) is 0.647. The number of hydrogen-bond donors (Lipinski definition) is 0. The van der Waals surface area contributed by atoms with Gasteiger partial charge in [-0.25, -0.2) is 8.42 Å². The number of fused-ring (bicyclic) bond motifs is 2. The van der Waals surface area contributed by atoms with E-state index in [2.05, 4.69) is 13.8 Å². The molecule has 1 saturated carbocycles. The summed E-state index contributed by atoms with van der Waals surface area (Å²) in [6.07, 6.45) is 2.06. The first-order valence-corrected chi connectivity index (χ1v) is 9.53. The van der Waals surface area contributed by atoms with Gasteiger partial charge in [0.1, 0.15) is 0 Å². The van der Waals surface area contributed by atoms with Crippen molar-refractivity contribution in [1.82, 2.24) is 4.31 Å². The van der Waals surface area contributed by atoms with Crippen molar-refractivity contribution in [2.45, 2.75) is 50.7 Å². The van der Waals surface area contributed by atoms with E-state index in [9.17, 15) is 8.42 Å². The highest BCUT2D eigenvalue weighted by molar-refractivity contribution is 7.89. The second-order valence-corrected chi connectivity index (χ2v) is 8.87. The lowest BCUT2D eigenvalue weighted by atomic mass is 10.1. The number of piperidine rings is 1. The molecule has 4 nitrogen and oxygen atoms in total. The van der Waals surface area contributed by atoms with Gasteiger partial charge in [-0.2, -0.15) is 4.31 Å². The van der Waals surface area contributed by atoms with Crippen molar-refractivity contribution in [3.8, 4) is 0 Å². The van der Waals surface area contributed by atoms with E-state index in [1.807, 2.05) is 19.1 Å². The molecule has 2 aliphatic rings. The number of hydrogen-bond acceptors (Lipinski definition) is 3. The molecule has 3 atom stereocenters. The lowest BCUT2D eigenvalue weighted by Crippen LogP contribution is -2.40. The standard InChI is InChI=1S/C17H25NO3S/c1-12(2)11-21-17-14-6-9-16(17)18(10-14)22(19,20)15-7-4-13(3)5-8-15/h4-5,7-8,12,14,16-17H,6,9-11H2,1-3H3. The molecule has 0 aromatic heterocycles. The van der Waals surface area contributed by atoms with Gasteiger partial charge in [0.15, 0.2) is 0 Å². The Morgan fingerprint density at radius 2 is 1.91 bits per heavy atom. The van der Waals surface area contributed by atoms with Crippen LogP contribution in [0.5, 0.6) is 0 Å². The zero-order valence-electron chi connectivity index (χ0n) is 13.5. The third-order valence-electron chi connectivity index (χ3n) is 4.71. The maximum absolute atomic E-state index is 12.9. The molecule has 1 aromatic rings. The van der Waals surface area contributed by atoms with E-state index in [1.165, 1.54) is 0 Å². The van der Waals surface area contributed by atoms with Crippen molar-refractivity contribution < 1.29 is 13.2 Å². The van der Waals surface area contributed by atoms with E-state index in [4.69, 9.17) is 4.74 Å². The van der Waals surface area contributed by atoms with Crippen LogP contribution in [0.25, 0.3) is 0 Å². The predicted octanol–water partition coefficient (Wildman–Crippen LogP) is 2.82. The Bertz CT molecular complexity index is 624. The molecular formula is C17H25NO3S. The monoisotopic (exact) mass is 323 g/mol. The van der Waals surface area contributed by atoms with Crippen LogP contribution in [0.2, 0.25) is 0 Å². The van der Waals surface area contributed by atoms with Gasteiger partial charge >= 0.3 is 0 Å².